The third-order valence-corrected chi connectivity index (χ3v) is 7.42. The van der Waals surface area contributed by atoms with Crippen LogP contribution < -0.4 is 5.43 Å². The van der Waals surface area contributed by atoms with Gasteiger partial charge in [-0.05, 0) is 18.2 Å². The van der Waals surface area contributed by atoms with Gasteiger partial charge >= 0.3 is 0 Å². The van der Waals surface area contributed by atoms with Crippen LogP contribution in [-0.4, -0.2) is 112 Å². The van der Waals surface area contributed by atoms with E-state index in [9.17, 15) is 61.0 Å². The van der Waals surface area contributed by atoms with Crippen molar-refractivity contribution in [3.05, 3.63) is 45.6 Å². The fourth-order valence-corrected chi connectivity index (χ4v) is 5.16. The molecule has 5 rings (SSSR count). The lowest BCUT2D eigenvalue weighted by atomic mass is 9.85. The summed E-state index contributed by atoms with van der Waals surface area (Å²) in [5.74, 6) is -3.21. The van der Waals surface area contributed by atoms with Gasteiger partial charge in [0.2, 0.25) is 0 Å². The predicted octanol–water partition coefficient (Wildman–Crippen LogP) is -2.05. The molecule has 15 heteroatoms. The summed E-state index contributed by atoms with van der Waals surface area (Å²) < 4.78 is 16.8. The largest absolute Gasteiger partial charge is 0.507 e. The number of aliphatic hydroxyl groups excluding tert-OH is 7. The molecule has 2 aliphatic rings. The van der Waals surface area contributed by atoms with Gasteiger partial charge in [-0.15, -0.1) is 0 Å². The van der Waals surface area contributed by atoms with Crippen LogP contribution in [0.5, 0.6) is 23.0 Å². The summed E-state index contributed by atoms with van der Waals surface area (Å²) in [6.45, 7) is -1.39. The second-order valence-electron chi connectivity index (χ2n) is 9.96. The van der Waals surface area contributed by atoms with Crippen molar-refractivity contribution in [1.29, 1.82) is 0 Å². The van der Waals surface area contributed by atoms with E-state index in [2.05, 4.69) is 0 Å². The molecule has 0 radical (unpaired) electrons. The Labute approximate surface area is 229 Å². The van der Waals surface area contributed by atoms with Gasteiger partial charge in [0.25, 0.3) is 0 Å². The summed E-state index contributed by atoms with van der Waals surface area (Å²) >= 11 is 0. The number of aliphatic hydroxyl groups is 7. The molecule has 15 nitrogen and oxygen atoms in total. The Morgan fingerprint density at radius 3 is 2.10 bits per heavy atom. The first kappa shape index (κ1) is 29.0. The molecule has 3 heterocycles. The number of benzene rings is 2. The highest BCUT2D eigenvalue weighted by atomic mass is 16.5. The van der Waals surface area contributed by atoms with Crippen molar-refractivity contribution in [1.82, 2.24) is 0 Å². The highest BCUT2D eigenvalue weighted by molar-refractivity contribution is 5.92. The standard InChI is InChI=1S/C26H28O15/c27-5-13-18(33)21(36)23(38)26(41-13)16-20(35)15(25-22(37)17(32)11(31)6-39-25)19(34)14-10(30)4-12(40-24(14)16)7-1-2-8(28)9(29)3-7/h1-4,11,13,17-18,21-23,25-29,31-38H,5-6H2/t11-,13?,17+,18-,21+,22?,23?,25+,26+/m1/s1. The van der Waals surface area contributed by atoms with Gasteiger partial charge in [0.1, 0.15) is 77.6 Å². The summed E-state index contributed by atoms with van der Waals surface area (Å²) in [4.78, 5) is 13.4. The molecule has 2 fully saturated rings. The van der Waals surface area contributed by atoms with Crippen LogP contribution >= 0.6 is 0 Å². The van der Waals surface area contributed by atoms with Crippen LogP contribution in [0.25, 0.3) is 22.3 Å². The van der Waals surface area contributed by atoms with Gasteiger partial charge in [0.15, 0.2) is 22.5 Å². The summed E-state index contributed by atoms with van der Waals surface area (Å²) in [6.07, 6.45) is -16.0. The van der Waals surface area contributed by atoms with Crippen molar-refractivity contribution < 1.29 is 70.1 Å². The fourth-order valence-electron chi connectivity index (χ4n) is 5.16. The lowest BCUT2D eigenvalue weighted by Crippen LogP contribution is -2.55. The number of fused-ring (bicyclic) bond motifs is 1. The highest BCUT2D eigenvalue weighted by Gasteiger charge is 2.48. The van der Waals surface area contributed by atoms with Crippen LogP contribution in [0.15, 0.2) is 33.5 Å². The minimum atomic E-state index is -2.00. The van der Waals surface area contributed by atoms with Crippen LogP contribution in [0, 0.1) is 0 Å². The van der Waals surface area contributed by atoms with Gasteiger partial charge in [0.05, 0.1) is 24.3 Å². The SMILES string of the molecule is O=c1cc(-c2ccc(O)c(O)c2)oc2c([C@@H]3OC(CO)[C@@H](O)[C@H](O)C3O)c(O)c([C@@H]3OC[C@@H](O)[C@H](O)C3O)c(O)c12. The number of hydrogen-bond donors (Lipinski definition) is 11. The first-order valence-corrected chi connectivity index (χ1v) is 12.4. The third-order valence-electron chi connectivity index (χ3n) is 7.42. The molecule has 0 aliphatic carbocycles. The Morgan fingerprint density at radius 2 is 1.44 bits per heavy atom. The van der Waals surface area contributed by atoms with Crippen molar-refractivity contribution in [3.8, 4) is 34.3 Å². The lowest BCUT2D eigenvalue weighted by molar-refractivity contribution is -0.231. The maximum absolute atomic E-state index is 13.4. The van der Waals surface area contributed by atoms with E-state index in [-0.39, 0.29) is 11.3 Å². The van der Waals surface area contributed by atoms with Crippen LogP contribution in [0.3, 0.4) is 0 Å². The van der Waals surface area contributed by atoms with Crippen molar-refractivity contribution >= 4 is 11.0 Å². The molecule has 222 valence electrons. The molecular weight excluding hydrogens is 552 g/mol. The molecule has 9 atom stereocenters. The normalized spacial score (nSPS) is 32.3. The Balaban J connectivity index is 1.82. The average Bonchev–Trinajstić information content (AvgIpc) is 2.93. The molecule has 3 unspecified atom stereocenters. The zero-order chi connectivity index (χ0) is 29.9. The van der Waals surface area contributed by atoms with Crippen molar-refractivity contribution in [2.24, 2.45) is 0 Å². The minimum absolute atomic E-state index is 0.0604. The van der Waals surface area contributed by atoms with Gasteiger partial charge in [-0.3, -0.25) is 4.79 Å². The molecule has 0 bridgehead atoms. The summed E-state index contributed by atoms with van der Waals surface area (Å²) in [5, 5.41) is 114. The zero-order valence-corrected chi connectivity index (χ0v) is 21.0. The number of aromatic hydroxyl groups is 4. The smallest absolute Gasteiger partial charge is 0.197 e. The van der Waals surface area contributed by atoms with E-state index in [1.807, 2.05) is 0 Å². The average molecular weight is 580 g/mol. The number of hydrogen-bond acceptors (Lipinski definition) is 15. The quantitative estimate of drug-likeness (QED) is 0.148. The Kier molecular flexibility index (Phi) is 7.58. The van der Waals surface area contributed by atoms with Crippen molar-refractivity contribution in [2.75, 3.05) is 13.2 Å². The van der Waals surface area contributed by atoms with Crippen LogP contribution in [-0.2, 0) is 9.47 Å². The van der Waals surface area contributed by atoms with E-state index in [1.165, 1.54) is 6.07 Å². The number of phenols is 4. The maximum atomic E-state index is 13.4. The summed E-state index contributed by atoms with van der Waals surface area (Å²) in [7, 11) is 0. The van der Waals surface area contributed by atoms with E-state index in [1.54, 1.807) is 0 Å². The zero-order valence-electron chi connectivity index (χ0n) is 21.0. The van der Waals surface area contributed by atoms with E-state index in [0.717, 1.165) is 18.2 Å². The molecule has 0 amide bonds. The van der Waals surface area contributed by atoms with Gasteiger partial charge < -0.3 is 70.1 Å². The fraction of sp³-hybridized carbons (Fsp3) is 0.423. The molecule has 3 aromatic rings. The maximum Gasteiger partial charge on any atom is 0.197 e. The van der Waals surface area contributed by atoms with Gasteiger partial charge in [-0.1, -0.05) is 0 Å². The van der Waals surface area contributed by atoms with Crippen molar-refractivity contribution in [3.63, 3.8) is 0 Å². The monoisotopic (exact) mass is 580 g/mol. The van der Waals surface area contributed by atoms with E-state index < -0.39 is 119 Å². The minimum Gasteiger partial charge on any atom is -0.507 e. The van der Waals surface area contributed by atoms with Gasteiger partial charge in [-0.25, -0.2) is 0 Å². The molecule has 2 aliphatic heterocycles. The number of phenolic OH excluding ortho intramolecular Hbond substituents is 4. The topological polar surface area (TPSA) is 271 Å². The van der Waals surface area contributed by atoms with E-state index >= 15 is 0 Å². The Morgan fingerprint density at radius 1 is 0.756 bits per heavy atom. The molecule has 2 aromatic carbocycles. The second kappa shape index (κ2) is 10.7. The number of ether oxygens (including phenoxy) is 2. The van der Waals surface area contributed by atoms with Crippen LogP contribution in [0.4, 0.5) is 0 Å². The second-order valence-corrected chi connectivity index (χ2v) is 9.96. The van der Waals surface area contributed by atoms with Crippen molar-refractivity contribution in [2.45, 2.75) is 54.9 Å². The van der Waals surface area contributed by atoms with Gasteiger partial charge in [-0.2, -0.15) is 0 Å². The highest BCUT2D eigenvalue weighted by Crippen LogP contribution is 2.50. The Hall–Kier alpha value is -3.51. The molecule has 0 spiro atoms. The third kappa shape index (κ3) is 4.66. The molecule has 41 heavy (non-hydrogen) atoms. The van der Waals surface area contributed by atoms with Crippen LogP contribution in [0.2, 0.25) is 0 Å². The molecule has 1 aromatic heterocycles. The molecular formula is C26H28O15. The van der Waals surface area contributed by atoms with Crippen LogP contribution in [0.1, 0.15) is 23.3 Å². The lowest BCUT2D eigenvalue weighted by Gasteiger charge is -2.41. The Bertz CT molecular complexity index is 1520. The van der Waals surface area contributed by atoms with Gasteiger partial charge in [0, 0.05) is 11.6 Å². The molecule has 2 saturated heterocycles. The molecule has 11 N–H and O–H groups in total. The first-order chi connectivity index (χ1) is 19.4. The molecule has 0 saturated carbocycles. The van der Waals surface area contributed by atoms with E-state index in [0.29, 0.717) is 0 Å². The summed E-state index contributed by atoms with van der Waals surface area (Å²) in [6, 6.07) is 4.34. The summed E-state index contributed by atoms with van der Waals surface area (Å²) in [5.41, 5.74) is -2.68. The first-order valence-electron chi connectivity index (χ1n) is 12.4. The van der Waals surface area contributed by atoms with E-state index in [4.69, 9.17) is 13.9 Å². The number of rotatable bonds is 4. The predicted molar refractivity (Wildman–Crippen MR) is 134 cm³/mol.